The maximum atomic E-state index is 8.93. The largest absolute Gasteiger partial charge is 0.485 e. The Morgan fingerprint density at radius 1 is 0.288 bits per heavy atom. The second-order valence-corrected chi connectivity index (χ2v) is 24.0. The number of hydrogen-bond donors (Lipinski definition) is 0. The molecule has 0 N–H and O–H groups in total. The van der Waals surface area contributed by atoms with Crippen molar-refractivity contribution in [2.45, 2.75) is 11.2 Å². The molecule has 2 aliphatic carbocycles. The summed E-state index contributed by atoms with van der Waals surface area (Å²) < 4.78 is 58.9. The fourth-order valence-corrected chi connectivity index (χ4v) is 17.8. The van der Waals surface area contributed by atoms with Crippen LogP contribution in [-0.2, 0) is 15.9 Å². The first kappa shape index (κ1) is 41.9. The summed E-state index contributed by atoms with van der Waals surface area (Å²) in [5.74, 6) is 6.30. The summed E-state index contributed by atoms with van der Waals surface area (Å²) in [6, 6.07) is 32.2. The number of thiophene rings is 6. The molecule has 0 radical (unpaired) electrons. The summed E-state index contributed by atoms with van der Waals surface area (Å²) in [6.45, 7) is 4.09. The number of fused-ring (bicyclic) bond motifs is 19. The maximum absolute atomic E-state index is 8.93. The van der Waals surface area contributed by atoms with E-state index in [0.29, 0.717) is 52.9 Å². The fraction of sp³-hybridized carbons (Fsp3) is 0.172. The van der Waals surface area contributed by atoms with Crippen LogP contribution in [0.1, 0.15) is 33.4 Å². The first-order valence-electron chi connectivity index (χ1n) is 24.1. The second kappa shape index (κ2) is 15.5. The molecular formula is C58H36O9S6. The zero-order valence-corrected chi connectivity index (χ0v) is 43.2. The molecule has 5 aliphatic heterocycles. The summed E-state index contributed by atoms with van der Waals surface area (Å²) >= 11 is 10.2. The van der Waals surface area contributed by atoms with Crippen LogP contribution in [0.4, 0.5) is 0 Å². The van der Waals surface area contributed by atoms with Gasteiger partial charge in [-0.15, -0.1) is 68.0 Å². The van der Waals surface area contributed by atoms with E-state index in [-0.39, 0.29) is 0 Å². The van der Waals surface area contributed by atoms with E-state index in [1.54, 1.807) is 68.0 Å². The first-order chi connectivity index (χ1) is 36.1. The molecule has 9 nitrogen and oxygen atoms in total. The van der Waals surface area contributed by atoms with Crippen molar-refractivity contribution in [3.63, 3.8) is 0 Å². The molecule has 0 amide bonds. The average molecular weight is 1070 g/mol. The molecule has 17 rings (SSSR count). The van der Waals surface area contributed by atoms with Gasteiger partial charge in [-0.25, -0.2) is 0 Å². The van der Waals surface area contributed by atoms with Crippen molar-refractivity contribution < 1.29 is 42.6 Å². The standard InChI is InChI=1S/C58H36O9S6/c1-5-33-34-6-2-30(52-48-44(26-71-52)60-12-16-64-48)22-40(34)57(39(33)21-29(1)51-47-43(25-70-51)59-11-15-63-47)37-9-19-68-55(37)56-38(10-20-69-56)58(67-57)41-23-31(53-49-45(27-72-53)61-13-17-65-49)3-7-35(41)36-8-4-32(24-42(36)58)54-50-46(28-73-54)62-14-18-66-50/h1-10,19-28H,11-18H2. The Hall–Kier alpha value is -6.56. The third kappa shape index (κ3) is 5.67. The van der Waals surface area contributed by atoms with Crippen LogP contribution in [0.25, 0.3) is 73.8 Å². The van der Waals surface area contributed by atoms with Crippen molar-refractivity contribution in [2.24, 2.45) is 0 Å². The Bertz CT molecular complexity index is 3510. The predicted octanol–water partition coefficient (Wildman–Crippen LogP) is 15.1. The topological polar surface area (TPSA) is 83.1 Å². The first-order valence-corrected chi connectivity index (χ1v) is 29.4. The summed E-state index contributed by atoms with van der Waals surface area (Å²) in [7, 11) is 0. The van der Waals surface area contributed by atoms with E-state index in [9.17, 15) is 0 Å². The smallest absolute Gasteiger partial charge is 0.179 e. The molecule has 15 heteroatoms. The van der Waals surface area contributed by atoms with E-state index in [1.165, 1.54) is 9.75 Å². The molecular weight excluding hydrogens is 1030 g/mol. The Morgan fingerprint density at radius 3 is 0.877 bits per heavy atom. The van der Waals surface area contributed by atoms with Crippen molar-refractivity contribution in [2.75, 3.05) is 52.9 Å². The molecule has 2 spiro atoms. The van der Waals surface area contributed by atoms with E-state index in [1.807, 2.05) is 0 Å². The van der Waals surface area contributed by atoms with Crippen LogP contribution in [-0.4, -0.2) is 52.9 Å². The Balaban J connectivity index is 0.977. The second-order valence-electron chi connectivity index (χ2n) is 18.7. The predicted molar refractivity (Wildman–Crippen MR) is 289 cm³/mol. The van der Waals surface area contributed by atoms with E-state index in [4.69, 9.17) is 42.6 Å². The Labute approximate surface area is 441 Å². The SMILES string of the molecule is c1cc2c(s1)-c1sccc1C1(OC23c2cc(-c4scc5c4OCCO5)ccc2-c2ccc(-c4scc5c4OCCO5)cc23)c2cc(-c3scc4c3OCCO4)ccc2-c2ccc(-c3scc4c3OCCO4)cc21. The lowest BCUT2D eigenvalue weighted by Crippen LogP contribution is -2.41. The van der Waals surface area contributed by atoms with E-state index < -0.39 is 11.2 Å². The minimum Gasteiger partial charge on any atom is -0.485 e. The molecule has 0 bridgehead atoms. The summed E-state index contributed by atoms with van der Waals surface area (Å²) in [5, 5.41) is 12.7. The summed E-state index contributed by atoms with van der Waals surface area (Å²) in [5.41, 5.74) is 12.8. The Morgan fingerprint density at radius 2 is 0.575 bits per heavy atom. The lowest BCUT2D eigenvalue weighted by molar-refractivity contribution is -0.0736. The number of ether oxygens (including phenoxy) is 9. The van der Waals surface area contributed by atoms with Gasteiger partial charge in [0.05, 0.1) is 29.3 Å². The molecule has 0 unspecified atom stereocenters. The van der Waals surface area contributed by atoms with Crippen molar-refractivity contribution in [3.05, 3.63) is 151 Å². The van der Waals surface area contributed by atoms with Gasteiger partial charge in [-0.2, -0.15) is 0 Å². The molecule has 0 saturated heterocycles. The average Bonchev–Trinajstić information content (AvgIpc) is 4.32. The van der Waals surface area contributed by atoms with Gasteiger partial charge in [0.15, 0.2) is 46.0 Å². The van der Waals surface area contributed by atoms with Crippen LogP contribution < -0.4 is 37.9 Å². The third-order valence-corrected chi connectivity index (χ3v) is 21.0. The molecule has 7 aliphatic rings. The normalized spacial score (nSPS) is 17.1. The molecule has 0 fully saturated rings. The van der Waals surface area contributed by atoms with Gasteiger partial charge in [0.25, 0.3) is 0 Å². The molecule has 73 heavy (non-hydrogen) atoms. The van der Waals surface area contributed by atoms with Gasteiger partial charge in [-0.05, 0) is 91.7 Å². The molecule has 6 aromatic heterocycles. The quantitative estimate of drug-likeness (QED) is 0.171. The molecule has 4 aromatic carbocycles. The number of benzene rings is 4. The minimum atomic E-state index is -1.17. The van der Waals surface area contributed by atoms with E-state index >= 15 is 0 Å². The van der Waals surface area contributed by atoms with Crippen molar-refractivity contribution >= 4 is 68.0 Å². The maximum Gasteiger partial charge on any atom is 0.179 e. The van der Waals surface area contributed by atoms with Crippen LogP contribution in [0.2, 0.25) is 0 Å². The monoisotopic (exact) mass is 1070 g/mol. The zero-order valence-electron chi connectivity index (χ0n) is 38.3. The van der Waals surface area contributed by atoms with Crippen molar-refractivity contribution in [3.8, 4) is 120 Å². The van der Waals surface area contributed by atoms with Gasteiger partial charge in [0.2, 0.25) is 0 Å². The highest BCUT2D eigenvalue weighted by Gasteiger charge is 2.60. The molecule has 358 valence electrons. The lowest BCUT2D eigenvalue weighted by Gasteiger charge is -2.42. The van der Waals surface area contributed by atoms with Crippen molar-refractivity contribution in [1.29, 1.82) is 0 Å². The van der Waals surface area contributed by atoms with Gasteiger partial charge in [0, 0.05) is 54.9 Å². The van der Waals surface area contributed by atoms with Gasteiger partial charge in [0.1, 0.15) is 64.1 Å². The summed E-state index contributed by atoms with van der Waals surface area (Å²) in [4.78, 5) is 6.49. The molecule has 11 heterocycles. The molecule has 0 saturated carbocycles. The van der Waals surface area contributed by atoms with Crippen LogP contribution in [0.3, 0.4) is 0 Å². The van der Waals surface area contributed by atoms with Gasteiger partial charge >= 0.3 is 0 Å². The minimum absolute atomic E-state index is 0.497. The summed E-state index contributed by atoms with van der Waals surface area (Å²) in [6.07, 6.45) is 0. The zero-order chi connectivity index (χ0) is 47.6. The van der Waals surface area contributed by atoms with Crippen LogP contribution in [0, 0.1) is 0 Å². The van der Waals surface area contributed by atoms with Crippen LogP contribution in [0.15, 0.2) is 117 Å². The highest BCUT2D eigenvalue weighted by molar-refractivity contribution is 7.20. The van der Waals surface area contributed by atoms with Gasteiger partial charge in [-0.1, -0.05) is 48.5 Å². The van der Waals surface area contributed by atoms with Crippen LogP contribution >= 0.6 is 68.0 Å². The molecule has 10 aromatic rings. The van der Waals surface area contributed by atoms with Gasteiger partial charge < -0.3 is 42.6 Å². The van der Waals surface area contributed by atoms with Crippen LogP contribution in [0.5, 0.6) is 46.0 Å². The van der Waals surface area contributed by atoms with Crippen molar-refractivity contribution in [1.82, 2.24) is 0 Å². The van der Waals surface area contributed by atoms with Gasteiger partial charge in [-0.3, -0.25) is 0 Å². The number of rotatable bonds is 4. The fourth-order valence-electron chi connectivity index (χ4n) is 12.0. The number of hydrogen-bond acceptors (Lipinski definition) is 15. The van der Waals surface area contributed by atoms with E-state index in [2.05, 4.69) is 117 Å². The highest BCUT2D eigenvalue weighted by atomic mass is 32.1. The Kier molecular flexibility index (Phi) is 8.88. The molecule has 0 atom stereocenters. The van der Waals surface area contributed by atoms with E-state index in [0.717, 1.165) is 143 Å². The highest BCUT2D eigenvalue weighted by Crippen LogP contribution is 2.68. The lowest BCUT2D eigenvalue weighted by atomic mass is 9.80. The third-order valence-electron chi connectivity index (χ3n) is 15.0.